The van der Waals surface area contributed by atoms with E-state index in [2.05, 4.69) is 22.9 Å². The number of rotatable bonds is 10. The number of nitrogens with one attached hydrogen (secondary N) is 1. The van der Waals surface area contributed by atoms with Gasteiger partial charge in [-0.05, 0) is 95.2 Å². The summed E-state index contributed by atoms with van der Waals surface area (Å²) in [5, 5.41) is 0.806. The number of nitrogens with zero attached hydrogens (tertiary/aromatic N) is 4. The number of anilines is 1. The molecule has 1 N–H and O–H groups in total. The van der Waals surface area contributed by atoms with Crippen LogP contribution >= 0.6 is 0 Å². The maximum atomic E-state index is 16.5. The van der Waals surface area contributed by atoms with Crippen molar-refractivity contribution in [3.05, 3.63) is 68.3 Å². The van der Waals surface area contributed by atoms with Gasteiger partial charge in [0.15, 0.2) is 11.6 Å². The fourth-order valence-corrected chi connectivity index (χ4v) is 9.18. The van der Waals surface area contributed by atoms with E-state index in [1.165, 1.54) is 24.1 Å². The van der Waals surface area contributed by atoms with Gasteiger partial charge >= 0.3 is 15.8 Å². The SMILES string of the molecule is COC[C@H]1CN(c2ccc3c4c(c(=O)oc3c2C)CN(C(=O)c2ccc(C(=O)NS(=O)(=O)N(C)C(C)C)c(OC3C[C@@H]5C[C@@H]5C3)c2F)CC4)CCN1C. The van der Waals surface area contributed by atoms with Gasteiger partial charge in [-0.1, -0.05) is 0 Å². The molecule has 1 saturated heterocycles. The van der Waals surface area contributed by atoms with Crippen LogP contribution in [0.25, 0.3) is 11.0 Å². The molecule has 15 heteroatoms. The molecule has 13 nitrogen and oxygen atoms in total. The predicted molar refractivity (Wildman–Crippen MR) is 197 cm³/mol. The van der Waals surface area contributed by atoms with Crippen LogP contribution in [0.5, 0.6) is 5.75 Å². The van der Waals surface area contributed by atoms with Crippen molar-refractivity contribution in [2.24, 2.45) is 11.8 Å². The van der Waals surface area contributed by atoms with Crippen molar-refractivity contribution in [2.45, 2.75) is 71.2 Å². The summed E-state index contributed by atoms with van der Waals surface area (Å²) in [5.41, 5.74) is 2.30. The number of likely N-dealkylation sites (N-methyl/N-ethyl adjacent to an activating group) is 1. The third kappa shape index (κ3) is 7.04. The molecule has 0 radical (unpaired) electrons. The van der Waals surface area contributed by atoms with E-state index >= 15 is 4.39 Å². The van der Waals surface area contributed by atoms with Crippen molar-refractivity contribution in [1.29, 1.82) is 0 Å². The summed E-state index contributed by atoms with van der Waals surface area (Å²) in [6.45, 7) is 8.45. The Balaban J connectivity index is 1.16. The van der Waals surface area contributed by atoms with Crippen LogP contribution in [0.4, 0.5) is 10.1 Å². The molecule has 1 unspecified atom stereocenters. The number of hydrogen-bond donors (Lipinski definition) is 1. The predicted octanol–water partition coefficient (Wildman–Crippen LogP) is 3.70. The van der Waals surface area contributed by atoms with E-state index in [1.807, 2.05) is 17.7 Å². The zero-order valence-corrected chi connectivity index (χ0v) is 31.9. The Bertz CT molecular complexity index is 2110. The topological polar surface area (TPSA) is 142 Å². The van der Waals surface area contributed by atoms with Crippen molar-refractivity contribution < 1.29 is 36.3 Å². The number of benzene rings is 2. The summed E-state index contributed by atoms with van der Waals surface area (Å²) in [4.78, 5) is 46.8. The lowest BCUT2D eigenvalue weighted by Gasteiger charge is -2.41. The van der Waals surface area contributed by atoms with Crippen LogP contribution in [-0.4, -0.2) is 107 Å². The molecule has 1 aromatic heterocycles. The molecule has 3 aromatic rings. The lowest BCUT2D eigenvalue weighted by Crippen LogP contribution is -2.53. The third-order valence-corrected chi connectivity index (χ3v) is 13.3. The highest BCUT2D eigenvalue weighted by molar-refractivity contribution is 7.87. The highest BCUT2D eigenvalue weighted by atomic mass is 32.2. The second-order valence-corrected chi connectivity index (χ2v) is 17.0. The Labute approximate surface area is 309 Å². The van der Waals surface area contributed by atoms with Crippen LogP contribution in [0, 0.1) is 24.6 Å². The number of aryl methyl sites for hydroxylation is 1. The lowest BCUT2D eigenvalue weighted by molar-refractivity contribution is 0.0725. The molecule has 0 bridgehead atoms. The van der Waals surface area contributed by atoms with Gasteiger partial charge in [0.05, 0.1) is 42.0 Å². The summed E-state index contributed by atoms with van der Waals surface area (Å²) in [6.07, 6.45) is 2.44. The van der Waals surface area contributed by atoms with Gasteiger partial charge in [0.1, 0.15) is 5.58 Å². The van der Waals surface area contributed by atoms with Crippen LogP contribution in [0.1, 0.15) is 70.5 Å². The molecular weight excluding hydrogens is 706 g/mol. The van der Waals surface area contributed by atoms with Crippen LogP contribution in [-0.2, 0) is 27.9 Å². The number of methoxy groups -OCH3 is 1. The Hall–Kier alpha value is -4.05. The maximum absolute atomic E-state index is 16.5. The number of fused-ring (bicyclic) bond motifs is 4. The Morgan fingerprint density at radius 1 is 1.06 bits per heavy atom. The molecule has 7 rings (SSSR count). The van der Waals surface area contributed by atoms with E-state index in [1.54, 1.807) is 21.0 Å². The van der Waals surface area contributed by atoms with Crippen LogP contribution in [0.15, 0.2) is 33.5 Å². The minimum Gasteiger partial charge on any atom is -0.486 e. The Kier molecular flexibility index (Phi) is 10.1. The highest BCUT2D eigenvalue weighted by Crippen LogP contribution is 2.53. The van der Waals surface area contributed by atoms with E-state index in [0.717, 1.165) is 52.6 Å². The quantitative estimate of drug-likeness (QED) is 0.305. The van der Waals surface area contributed by atoms with Crippen LogP contribution in [0.3, 0.4) is 0 Å². The lowest BCUT2D eigenvalue weighted by atomic mass is 9.95. The molecule has 2 aliphatic heterocycles. The van der Waals surface area contributed by atoms with Gasteiger partial charge in [-0.25, -0.2) is 13.9 Å². The highest BCUT2D eigenvalue weighted by Gasteiger charge is 2.47. The first-order valence-electron chi connectivity index (χ1n) is 18.3. The molecule has 2 amide bonds. The van der Waals surface area contributed by atoms with Crippen molar-refractivity contribution in [1.82, 2.24) is 18.8 Å². The molecule has 2 aliphatic carbocycles. The average Bonchev–Trinajstić information content (AvgIpc) is 3.74. The first-order chi connectivity index (χ1) is 25.2. The zero-order valence-electron chi connectivity index (χ0n) is 31.1. The molecular formula is C38H48FN5O8S. The van der Waals surface area contributed by atoms with Gasteiger partial charge in [0, 0.05) is 63.0 Å². The van der Waals surface area contributed by atoms with Gasteiger partial charge in [0.2, 0.25) is 0 Å². The van der Waals surface area contributed by atoms with Gasteiger partial charge < -0.3 is 23.7 Å². The first kappa shape index (κ1) is 37.3. The van der Waals surface area contributed by atoms with E-state index in [4.69, 9.17) is 13.9 Å². The second-order valence-electron chi connectivity index (χ2n) is 15.3. The van der Waals surface area contributed by atoms with Gasteiger partial charge in [0.25, 0.3) is 11.8 Å². The van der Waals surface area contributed by atoms with Crippen molar-refractivity contribution in [3.8, 4) is 5.75 Å². The summed E-state index contributed by atoms with van der Waals surface area (Å²) < 4.78 is 62.6. The summed E-state index contributed by atoms with van der Waals surface area (Å²) in [7, 11) is 0.873. The zero-order chi connectivity index (χ0) is 37.9. The summed E-state index contributed by atoms with van der Waals surface area (Å²) in [5.74, 6) is -2.28. The molecule has 3 fully saturated rings. The molecule has 3 heterocycles. The van der Waals surface area contributed by atoms with E-state index in [-0.39, 0.29) is 36.4 Å². The normalized spacial score (nSPS) is 23.0. The fourth-order valence-electron chi connectivity index (χ4n) is 8.14. The molecule has 0 spiro atoms. The Morgan fingerprint density at radius 2 is 1.77 bits per heavy atom. The van der Waals surface area contributed by atoms with Crippen molar-refractivity contribution in [2.75, 3.05) is 58.9 Å². The number of carbonyl (C=O) groups is 2. The molecule has 286 valence electrons. The van der Waals surface area contributed by atoms with Crippen molar-refractivity contribution >= 4 is 38.7 Å². The minimum atomic E-state index is -4.24. The number of carbonyl (C=O) groups excluding carboxylic acids is 2. The number of hydrogen-bond acceptors (Lipinski definition) is 10. The minimum absolute atomic E-state index is 0.0893. The van der Waals surface area contributed by atoms with E-state index in [9.17, 15) is 22.8 Å². The van der Waals surface area contributed by atoms with Crippen molar-refractivity contribution in [3.63, 3.8) is 0 Å². The smallest absolute Gasteiger partial charge is 0.341 e. The molecule has 4 aliphatic rings. The standard InChI is InChI=1S/C38H48FN5O8S/c1-21(2)42(5)53(48,49)40-36(45)30-8-7-29(33(39)35(30)51-26-16-23-15-24(23)17-26)37(46)44-12-11-27-28-9-10-32(22(3)34(28)52-38(47)31(27)19-44)43-14-13-41(4)25(18-43)20-50-6/h7-10,21,23-26H,11-20H2,1-6H3,(H,40,45)/t23-,24+,25-,26?/m1/s1. The molecule has 4 atom stereocenters. The third-order valence-electron chi connectivity index (χ3n) is 11.6. The second kappa shape index (κ2) is 14.3. The summed E-state index contributed by atoms with van der Waals surface area (Å²) in [6, 6.07) is 6.21. The number of ether oxygens (including phenoxy) is 2. The number of piperazine rings is 1. The van der Waals surface area contributed by atoms with Gasteiger partial charge in [-0.2, -0.15) is 12.7 Å². The molecule has 53 heavy (non-hydrogen) atoms. The maximum Gasteiger partial charge on any atom is 0.341 e. The number of halogens is 1. The van der Waals surface area contributed by atoms with E-state index in [0.29, 0.717) is 48.9 Å². The Morgan fingerprint density at radius 3 is 2.47 bits per heavy atom. The van der Waals surface area contributed by atoms with E-state index < -0.39 is 45.3 Å². The summed E-state index contributed by atoms with van der Waals surface area (Å²) >= 11 is 0. The largest absolute Gasteiger partial charge is 0.486 e. The first-order valence-corrected chi connectivity index (χ1v) is 19.7. The monoisotopic (exact) mass is 753 g/mol. The molecule has 2 aromatic carbocycles. The molecule has 2 saturated carbocycles. The van der Waals surface area contributed by atoms with Crippen LogP contribution in [0.2, 0.25) is 0 Å². The number of amides is 2. The fraction of sp³-hybridized carbons (Fsp3) is 0.553. The average molecular weight is 754 g/mol. The van der Waals surface area contributed by atoms with Crippen LogP contribution < -0.4 is 20.0 Å². The van der Waals surface area contributed by atoms with Gasteiger partial charge in [-0.15, -0.1) is 0 Å². The van der Waals surface area contributed by atoms with Gasteiger partial charge in [-0.3, -0.25) is 14.5 Å².